The molecule has 6 heteroatoms. The van der Waals surface area contributed by atoms with Crippen LogP contribution in [0.3, 0.4) is 0 Å². The van der Waals surface area contributed by atoms with E-state index in [9.17, 15) is 4.79 Å². The summed E-state index contributed by atoms with van der Waals surface area (Å²) in [5, 5.41) is 13.4. The Morgan fingerprint density at radius 2 is 1.76 bits per heavy atom. The third-order valence-electron chi connectivity index (χ3n) is 6.29. The lowest BCUT2D eigenvalue weighted by molar-refractivity contribution is -0.122. The molecule has 3 aromatic rings. The lowest BCUT2D eigenvalue weighted by Crippen LogP contribution is -2.35. The first-order chi connectivity index (χ1) is 16.1. The van der Waals surface area contributed by atoms with Crippen molar-refractivity contribution >= 4 is 23.2 Å². The van der Waals surface area contributed by atoms with Gasteiger partial charge in [-0.05, 0) is 66.1 Å². The average molecular weight is 449 g/mol. The number of hydrogen-bond donors (Lipinski definition) is 3. The van der Waals surface area contributed by atoms with Crippen LogP contribution < -0.4 is 10.8 Å². The lowest BCUT2D eigenvalue weighted by Gasteiger charge is -2.32. The normalized spacial score (nSPS) is 18.6. The maximum atomic E-state index is 11.9. The zero-order valence-electron chi connectivity index (χ0n) is 19.2. The number of hydroxylamine groups is 1. The minimum Gasteiger partial charge on any atom is -0.483 e. The van der Waals surface area contributed by atoms with Gasteiger partial charge >= 0.3 is 0 Å². The van der Waals surface area contributed by atoms with Crippen molar-refractivity contribution in [2.75, 3.05) is 7.11 Å². The van der Waals surface area contributed by atoms with E-state index >= 15 is 0 Å². The number of rotatable bonds is 6. The van der Waals surface area contributed by atoms with Crippen LogP contribution in [0.25, 0.3) is 10.8 Å². The number of carbonyl (C=O) groups excluding carboxylic acids is 1. The minimum absolute atomic E-state index is 0.212. The molecule has 0 heterocycles. The van der Waals surface area contributed by atoms with Gasteiger partial charge in [0, 0.05) is 17.6 Å². The van der Waals surface area contributed by atoms with E-state index in [0.717, 1.165) is 6.42 Å². The fraction of sp³-hybridized carbons (Fsp3) is 0.333. The molecular weight excluding hydrogens is 416 g/mol. The van der Waals surface area contributed by atoms with Crippen LogP contribution in [0.2, 0.25) is 0 Å². The molecule has 1 aliphatic carbocycles. The van der Waals surface area contributed by atoms with Gasteiger partial charge in [-0.15, -0.1) is 0 Å². The van der Waals surface area contributed by atoms with Crippen molar-refractivity contribution in [2.24, 2.45) is 0 Å². The maximum Gasteiger partial charge on any atom is 0.290 e. The number of carboxylic acid groups (broad SMARTS) is 1. The summed E-state index contributed by atoms with van der Waals surface area (Å²) in [6, 6.07) is 23.9. The first-order valence-corrected chi connectivity index (χ1v) is 11.3. The molecule has 0 aromatic heterocycles. The molecule has 1 aliphatic rings. The third-order valence-corrected chi connectivity index (χ3v) is 6.29. The van der Waals surface area contributed by atoms with Crippen molar-refractivity contribution in [3.63, 3.8) is 0 Å². The second-order valence-corrected chi connectivity index (χ2v) is 8.38. The predicted molar refractivity (Wildman–Crippen MR) is 130 cm³/mol. The molecule has 1 fully saturated rings. The van der Waals surface area contributed by atoms with E-state index in [1.54, 1.807) is 0 Å². The second-order valence-electron chi connectivity index (χ2n) is 8.38. The van der Waals surface area contributed by atoms with Crippen LogP contribution in [-0.2, 0) is 9.63 Å². The SMILES string of the molecule is CONC(=O)c1ccc([C@H]2CCC[C@H](N[C@H](C)c3cccc4ccccc34)C2)cc1.O=CO. The van der Waals surface area contributed by atoms with Gasteiger partial charge in [-0.2, -0.15) is 0 Å². The molecule has 33 heavy (non-hydrogen) atoms. The Balaban J connectivity index is 0.000000968. The number of fused-ring (bicyclic) bond motifs is 1. The van der Waals surface area contributed by atoms with Crippen LogP contribution in [0.5, 0.6) is 0 Å². The highest BCUT2D eigenvalue weighted by Crippen LogP contribution is 2.34. The molecule has 0 radical (unpaired) electrons. The molecule has 174 valence electrons. The molecule has 0 aliphatic heterocycles. The summed E-state index contributed by atoms with van der Waals surface area (Å²) in [6.07, 6.45) is 4.75. The molecule has 0 bridgehead atoms. The molecule has 6 nitrogen and oxygen atoms in total. The Morgan fingerprint density at radius 1 is 1.06 bits per heavy atom. The van der Waals surface area contributed by atoms with Gasteiger partial charge in [0.25, 0.3) is 12.4 Å². The Labute approximate surface area is 194 Å². The molecule has 3 atom stereocenters. The molecule has 3 aromatic carbocycles. The standard InChI is InChI=1S/C26H30N2O2.CH2O2/c1-18(24-12-6-8-20-7-3-4-11-25(20)24)27-23-10-5-9-22(17-23)19-13-15-21(16-14-19)26(29)28-30-2;2-1-3/h3-4,6-8,11-16,18,22-23,27H,5,9-10,17H2,1-2H3,(H,28,29);1H,(H,2,3)/t18-,22+,23+;/m1./s1. The number of hydrogen-bond acceptors (Lipinski definition) is 4. The van der Waals surface area contributed by atoms with Gasteiger partial charge in [0.05, 0.1) is 7.11 Å². The van der Waals surface area contributed by atoms with Crippen molar-refractivity contribution < 1.29 is 19.5 Å². The van der Waals surface area contributed by atoms with E-state index in [1.807, 2.05) is 12.1 Å². The van der Waals surface area contributed by atoms with E-state index in [1.165, 1.54) is 48.3 Å². The van der Waals surface area contributed by atoms with E-state index in [0.29, 0.717) is 23.6 Å². The molecule has 4 rings (SSSR count). The van der Waals surface area contributed by atoms with Gasteiger partial charge in [0.1, 0.15) is 0 Å². The highest BCUT2D eigenvalue weighted by atomic mass is 16.6. The smallest absolute Gasteiger partial charge is 0.290 e. The summed E-state index contributed by atoms with van der Waals surface area (Å²) in [5.41, 5.74) is 5.67. The van der Waals surface area contributed by atoms with Crippen LogP contribution in [0, 0.1) is 0 Å². The average Bonchev–Trinajstić information content (AvgIpc) is 2.84. The van der Waals surface area contributed by atoms with Crippen molar-refractivity contribution in [1.82, 2.24) is 10.8 Å². The quantitative estimate of drug-likeness (QED) is 0.356. The Hall–Kier alpha value is -3.22. The lowest BCUT2D eigenvalue weighted by atomic mass is 9.80. The highest BCUT2D eigenvalue weighted by Gasteiger charge is 2.25. The topological polar surface area (TPSA) is 87.7 Å². The number of carbonyl (C=O) groups is 2. The predicted octanol–water partition coefficient (Wildman–Crippen LogP) is 5.21. The van der Waals surface area contributed by atoms with Crippen LogP contribution in [0.4, 0.5) is 0 Å². The summed E-state index contributed by atoms with van der Waals surface area (Å²) < 4.78 is 0. The van der Waals surface area contributed by atoms with Crippen molar-refractivity contribution in [2.45, 2.75) is 50.6 Å². The summed E-state index contributed by atoms with van der Waals surface area (Å²) in [5.74, 6) is 0.312. The summed E-state index contributed by atoms with van der Waals surface area (Å²) in [7, 11) is 1.45. The molecular formula is C27H32N2O4. The van der Waals surface area contributed by atoms with Crippen LogP contribution in [0.1, 0.15) is 66.1 Å². The zero-order valence-corrected chi connectivity index (χ0v) is 19.2. The Morgan fingerprint density at radius 3 is 2.48 bits per heavy atom. The van der Waals surface area contributed by atoms with Gasteiger partial charge < -0.3 is 10.4 Å². The van der Waals surface area contributed by atoms with Gasteiger partial charge in [-0.25, -0.2) is 5.48 Å². The molecule has 0 unspecified atom stereocenters. The van der Waals surface area contributed by atoms with Gasteiger partial charge in [-0.3, -0.25) is 14.4 Å². The third kappa shape index (κ3) is 6.40. The molecule has 0 saturated heterocycles. The van der Waals surface area contributed by atoms with Crippen molar-refractivity contribution in [3.05, 3.63) is 83.4 Å². The largest absolute Gasteiger partial charge is 0.483 e. The minimum atomic E-state index is -0.250. The van der Waals surface area contributed by atoms with Crippen molar-refractivity contribution in [1.29, 1.82) is 0 Å². The zero-order chi connectivity index (χ0) is 23.6. The highest BCUT2D eigenvalue weighted by molar-refractivity contribution is 5.93. The number of nitrogens with one attached hydrogen (secondary N) is 2. The first kappa shape index (κ1) is 24.4. The van der Waals surface area contributed by atoms with E-state index in [2.05, 4.69) is 72.3 Å². The Kier molecular flexibility index (Phi) is 8.98. The van der Waals surface area contributed by atoms with Crippen LogP contribution in [0.15, 0.2) is 66.7 Å². The summed E-state index contributed by atoms with van der Waals surface area (Å²) in [6.45, 7) is 2.02. The first-order valence-electron chi connectivity index (χ1n) is 11.3. The maximum absolute atomic E-state index is 11.9. The van der Waals surface area contributed by atoms with E-state index in [4.69, 9.17) is 14.7 Å². The van der Waals surface area contributed by atoms with Gasteiger partial charge in [0.2, 0.25) is 0 Å². The Bertz CT molecular complexity index is 1050. The van der Waals surface area contributed by atoms with E-state index < -0.39 is 0 Å². The van der Waals surface area contributed by atoms with Gasteiger partial charge in [0.15, 0.2) is 0 Å². The van der Waals surface area contributed by atoms with Crippen LogP contribution >= 0.6 is 0 Å². The number of benzene rings is 3. The monoisotopic (exact) mass is 448 g/mol. The fourth-order valence-corrected chi connectivity index (χ4v) is 4.77. The number of amides is 1. The summed E-state index contributed by atoms with van der Waals surface area (Å²) in [4.78, 5) is 25.0. The fourth-order valence-electron chi connectivity index (χ4n) is 4.77. The van der Waals surface area contributed by atoms with E-state index in [-0.39, 0.29) is 12.4 Å². The molecule has 1 amide bonds. The molecule has 0 spiro atoms. The van der Waals surface area contributed by atoms with Gasteiger partial charge in [-0.1, -0.05) is 61.0 Å². The van der Waals surface area contributed by atoms with Crippen LogP contribution in [-0.4, -0.2) is 30.6 Å². The van der Waals surface area contributed by atoms with Crippen molar-refractivity contribution in [3.8, 4) is 0 Å². The second kappa shape index (κ2) is 12.1. The molecule has 1 saturated carbocycles. The summed E-state index contributed by atoms with van der Waals surface area (Å²) >= 11 is 0. The molecule has 3 N–H and O–H groups in total.